The molecule has 5 aromatic carbocycles. The third-order valence-electron chi connectivity index (χ3n) is 9.48. The minimum Gasteiger partial charge on any atom is -0.316 e. The molecule has 8 rings (SSSR count). The van der Waals surface area contributed by atoms with Gasteiger partial charge in [-0.25, -0.2) is 0 Å². The van der Waals surface area contributed by atoms with Gasteiger partial charge < -0.3 is 5.32 Å². The maximum atomic E-state index is 3.19. The highest BCUT2D eigenvalue weighted by Crippen LogP contribution is 2.60. The predicted molar refractivity (Wildman–Crippen MR) is 188 cm³/mol. The summed E-state index contributed by atoms with van der Waals surface area (Å²) in [5.74, 6) is 0. The minimum absolute atomic E-state index is 0.159. The SMILES string of the molecule is CC.CC1(C)c2ccccc2-c2ccccc21.CNC/C=C\C=C1/Cc2ccccc2C12c1ccccc1-c1ccccc12. The highest BCUT2D eigenvalue weighted by molar-refractivity contribution is 5.87. The largest absolute Gasteiger partial charge is 0.316 e. The molecule has 0 aromatic heterocycles. The first-order valence-corrected chi connectivity index (χ1v) is 16.1. The van der Waals surface area contributed by atoms with Crippen LogP contribution in [-0.4, -0.2) is 13.6 Å². The molecule has 44 heavy (non-hydrogen) atoms. The van der Waals surface area contributed by atoms with E-state index in [1.807, 2.05) is 20.9 Å². The molecule has 0 fully saturated rings. The molecule has 1 N–H and O–H groups in total. The number of allylic oxidation sites excluding steroid dienone is 3. The standard InChI is InChI=1S/C26H23N.C15H14.C2H6/c1-27-17-9-8-11-20-18-19-10-2-5-14-23(19)26(20)24-15-6-3-12-21(24)22-13-4-7-16-25(22)26;1-15(2)13-9-5-3-7-11(13)12-8-4-6-10-14(12)15;1-2/h2-16,27H,17-18H2,1H3;3-10H,1-2H3;1-2H3/b9-8-,20-11+;;. The summed E-state index contributed by atoms with van der Waals surface area (Å²) in [5.41, 5.74) is 15.6. The Balaban J connectivity index is 0.000000170. The Hall–Kier alpha value is -4.46. The van der Waals surface area contributed by atoms with E-state index in [4.69, 9.17) is 0 Å². The van der Waals surface area contributed by atoms with Crippen molar-refractivity contribution in [2.75, 3.05) is 13.6 Å². The van der Waals surface area contributed by atoms with Gasteiger partial charge in [-0.05, 0) is 74.7 Å². The van der Waals surface area contributed by atoms with Gasteiger partial charge in [-0.3, -0.25) is 0 Å². The van der Waals surface area contributed by atoms with Crippen molar-refractivity contribution in [1.82, 2.24) is 5.32 Å². The lowest BCUT2D eigenvalue weighted by Gasteiger charge is -2.30. The van der Waals surface area contributed by atoms with E-state index in [1.54, 1.807) is 0 Å². The number of fused-ring (bicyclic) bond motifs is 10. The molecule has 0 bridgehead atoms. The Kier molecular flexibility index (Phi) is 8.25. The van der Waals surface area contributed by atoms with E-state index in [1.165, 1.54) is 61.2 Å². The summed E-state index contributed by atoms with van der Waals surface area (Å²) >= 11 is 0. The molecule has 3 aliphatic carbocycles. The first-order chi connectivity index (χ1) is 21.6. The van der Waals surface area contributed by atoms with Crippen molar-refractivity contribution in [3.05, 3.63) is 179 Å². The fourth-order valence-corrected chi connectivity index (χ4v) is 7.65. The zero-order valence-corrected chi connectivity index (χ0v) is 26.7. The second-order valence-electron chi connectivity index (χ2n) is 12.1. The molecule has 3 aliphatic rings. The fraction of sp³-hybridized carbons (Fsp3) is 0.209. The van der Waals surface area contributed by atoms with Gasteiger partial charge in [0, 0.05) is 12.0 Å². The van der Waals surface area contributed by atoms with Crippen LogP contribution in [0.2, 0.25) is 0 Å². The van der Waals surface area contributed by atoms with Crippen LogP contribution in [0.1, 0.15) is 61.1 Å². The second kappa shape index (κ2) is 12.3. The van der Waals surface area contributed by atoms with Crippen LogP contribution in [-0.2, 0) is 17.3 Å². The molecule has 1 nitrogen and oxygen atoms in total. The topological polar surface area (TPSA) is 12.0 Å². The Morgan fingerprint density at radius 2 is 0.977 bits per heavy atom. The van der Waals surface area contributed by atoms with Gasteiger partial charge in [-0.1, -0.05) is 167 Å². The van der Waals surface area contributed by atoms with Gasteiger partial charge >= 0.3 is 0 Å². The third kappa shape index (κ3) is 4.59. The first kappa shape index (κ1) is 29.6. The molecule has 0 saturated heterocycles. The maximum Gasteiger partial charge on any atom is 0.0682 e. The summed E-state index contributed by atoms with van der Waals surface area (Å²) in [7, 11) is 1.98. The van der Waals surface area contributed by atoms with Crippen molar-refractivity contribution >= 4 is 0 Å². The number of likely N-dealkylation sites (N-methyl/N-ethyl adjacent to an activating group) is 1. The van der Waals surface area contributed by atoms with E-state index >= 15 is 0 Å². The smallest absolute Gasteiger partial charge is 0.0682 e. The third-order valence-corrected chi connectivity index (χ3v) is 9.48. The molecule has 0 aliphatic heterocycles. The maximum absolute atomic E-state index is 3.19. The molecule has 0 atom stereocenters. The van der Waals surface area contributed by atoms with Gasteiger partial charge in [0.05, 0.1) is 5.41 Å². The quantitative estimate of drug-likeness (QED) is 0.226. The lowest BCUT2D eigenvalue weighted by Crippen LogP contribution is -2.26. The predicted octanol–water partition coefficient (Wildman–Crippen LogP) is 10.3. The summed E-state index contributed by atoms with van der Waals surface area (Å²) in [4.78, 5) is 0. The van der Waals surface area contributed by atoms with E-state index in [-0.39, 0.29) is 10.8 Å². The number of hydrogen-bond acceptors (Lipinski definition) is 1. The molecule has 5 aromatic rings. The number of benzene rings is 5. The molecule has 0 heterocycles. The Bertz CT molecular complexity index is 1760. The molecular formula is C43H43N. The Morgan fingerprint density at radius 1 is 0.568 bits per heavy atom. The van der Waals surface area contributed by atoms with Crippen LogP contribution in [0.25, 0.3) is 22.3 Å². The van der Waals surface area contributed by atoms with E-state index in [0.717, 1.165) is 13.0 Å². The molecule has 0 saturated carbocycles. The Morgan fingerprint density at radius 3 is 1.48 bits per heavy atom. The molecule has 0 unspecified atom stereocenters. The summed E-state index contributed by atoms with van der Waals surface area (Å²) < 4.78 is 0. The minimum atomic E-state index is -0.159. The summed E-state index contributed by atoms with van der Waals surface area (Å²) in [6.45, 7) is 9.49. The zero-order valence-electron chi connectivity index (χ0n) is 26.7. The van der Waals surface area contributed by atoms with Gasteiger partial charge in [-0.2, -0.15) is 0 Å². The van der Waals surface area contributed by atoms with Gasteiger partial charge in [-0.15, -0.1) is 0 Å². The van der Waals surface area contributed by atoms with Crippen LogP contribution in [0.15, 0.2) is 145 Å². The second-order valence-corrected chi connectivity index (χ2v) is 12.1. The highest BCUT2D eigenvalue weighted by atomic mass is 14.8. The first-order valence-electron chi connectivity index (χ1n) is 16.1. The van der Waals surface area contributed by atoms with Crippen LogP contribution in [0.4, 0.5) is 0 Å². The fourth-order valence-electron chi connectivity index (χ4n) is 7.65. The van der Waals surface area contributed by atoms with Crippen LogP contribution < -0.4 is 5.32 Å². The summed E-state index contributed by atoms with van der Waals surface area (Å²) in [6, 6.07) is 44.3. The zero-order chi connectivity index (χ0) is 30.7. The molecular weight excluding hydrogens is 530 g/mol. The summed E-state index contributed by atoms with van der Waals surface area (Å²) in [5, 5.41) is 3.19. The van der Waals surface area contributed by atoms with Crippen LogP contribution in [0.5, 0.6) is 0 Å². The van der Waals surface area contributed by atoms with Gasteiger partial charge in [0.15, 0.2) is 0 Å². The highest BCUT2D eigenvalue weighted by Gasteiger charge is 2.50. The average Bonchev–Trinajstić information content (AvgIpc) is 3.66. The van der Waals surface area contributed by atoms with E-state index in [9.17, 15) is 0 Å². The van der Waals surface area contributed by atoms with Crippen molar-refractivity contribution in [2.45, 2.75) is 44.9 Å². The van der Waals surface area contributed by atoms with Gasteiger partial charge in [0.2, 0.25) is 0 Å². The average molecular weight is 574 g/mol. The van der Waals surface area contributed by atoms with Gasteiger partial charge in [0.25, 0.3) is 0 Å². The number of nitrogens with one attached hydrogen (secondary N) is 1. The van der Waals surface area contributed by atoms with Crippen molar-refractivity contribution < 1.29 is 0 Å². The molecule has 0 amide bonds. The van der Waals surface area contributed by atoms with E-state index in [2.05, 4.69) is 159 Å². The lowest BCUT2D eigenvalue weighted by atomic mass is 9.70. The van der Waals surface area contributed by atoms with E-state index in [0.29, 0.717) is 0 Å². The van der Waals surface area contributed by atoms with Crippen LogP contribution >= 0.6 is 0 Å². The van der Waals surface area contributed by atoms with Crippen LogP contribution in [0.3, 0.4) is 0 Å². The summed E-state index contributed by atoms with van der Waals surface area (Å²) in [6.07, 6.45) is 7.75. The van der Waals surface area contributed by atoms with Crippen molar-refractivity contribution in [3.63, 3.8) is 0 Å². The van der Waals surface area contributed by atoms with Crippen LogP contribution in [0, 0.1) is 0 Å². The number of rotatable bonds is 3. The van der Waals surface area contributed by atoms with Crippen molar-refractivity contribution in [1.29, 1.82) is 0 Å². The Labute approximate surface area is 264 Å². The van der Waals surface area contributed by atoms with Crippen molar-refractivity contribution in [2.24, 2.45) is 0 Å². The molecule has 1 heteroatoms. The molecule has 1 spiro atoms. The lowest BCUT2D eigenvalue weighted by molar-refractivity contribution is 0.660. The monoisotopic (exact) mass is 573 g/mol. The number of hydrogen-bond donors (Lipinski definition) is 1. The van der Waals surface area contributed by atoms with Gasteiger partial charge in [0.1, 0.15) is 0 Å². The van der Waals surface area contributed by atoms with Crippen molar-refractivity contribution in [3.8, 4) is 22.3 Å². The molecule has 220 valence electrons. The van der Waals surface area contributed by atoms with E-state index < -0.39 is 0 Å². The normalized spacial score (nSPS) is 16.2. The molecule has 0 radical (unpaired) electrons.